The molecule has 3 aromatic rings. The van der Waals surface area contributed by atoms with E-state index in [2.05, 4.69) is 15.5 Å². The summed E-state index contributed by atoms with van der Waals surface area (Å²) in [6, 6.07) is 8.21. The molecule has 7 rings (SSSR count). The molecule has 1 aliphatic carbocycles. The van der Waals surface area contributed by atoms with Crippen LogP contribution in [-0.2, 0) is 52.6 Å². The predicted octanol–water partition coefficient (Wildman–Crippen LogP) is 4.64. The van der Waals surface area contributed by atoms with Gasteiger partial charge >= 0.3 is 12.2 Å². The maximum atomic E-state index is 14.4. The zero-order valence-corrected chi connectivity index (χ0v) is 39.5. The Labute approximate surface area is 389 Å². The molecule has 0 bridgehead atoms. The number of hydrogen-bond donors (Lipinski definition) is 6. The molecule has 3 aliphatic heterocycles. The Kier molecular flexibility index (Phi) is 13.8. The van der Waals surface area contributed by atoms with Crippen LogP contribution in [0.1, 0.15) is 124 Å². The van der Waals surface area contributed by atoms with Gasteiger partial charge in [-0.05, 0) is 87.2 Å². The van der Waals surface area contributed by atoms with E-state index in [1.54, 1.807) is 51.2 Å². The van der Waals surface area contributed by atoms with E-state index in [1.807, 2.05) is 24.3 Å². The van der Waals surface area contributed by atoms with Gasteiger partial charge in [-0.1, -0.05) is 64.1 Å². The van der Waals surface area contributed by atoms with Gasteiger partial charge in [0, 0.05) is 40.5 Å². The quantitative estimate of drug-likeness (QED) is 0.128. The van der Waals surface area contributed by atoms with Crippen molar-refractivity contribution in [3.05, 3.63) is 69.2 Å². The van der Waals surface area contributed by atoms with Crippen LogP contribution in [0.5, 0.6) is 0 Å². The highest BCUT2D eigenvalue weighted by atomic mass is 32.1. The van der Waals surface area contributed by atoms with E-state index in [-0.39, 0.29) is 37.8 Å². The second kappa shape index (κ2) is 19.0. The van der Waals surface area contributed by atoms with Crippen LogP contribution >= 0.6 is 11.3 Å². The van der Waals surface area contributed by atoms with Gasteiger partial charge in [0.2, 0.25) is 23.6 Å². The minimum Gasteiger partial charge on any atom is -0.453 e. The van der Waals surface area contributed by atoms with Crippen LogP contribution in [0, 0.1) is 11.8 Å². The van der Waals surface area contributed by atoms with Crippen LogP contribution in [0.4, 0.5) is 26.1 Å². The van der Waals surface area contributed by atoms with Gasteiger partial charge in [0.1, 0.15) is 23.2 Å². The number of thiazole rings is 1. The van der Waals surface area contributed by atoms with E-state index in [9.17, 15) is 28.8 Å². The lowest BCUT2D eigenvalue weighted by Gasteiger charge is -2.41. The first kappa shape index (κ1) is 47.8. The van der Waals surface area contributed by atoms with Gasteiger partial charge in [-0.25, -0.2) is 14.6 Å². The number of methoxy groups -OCH3 is 2. The van der Waals surface area contributed by atoms with Crippen molar-refractivity contribution in [2.75, 3.05) is 43.7 Å². The van der Waals surface area contributed by atoms with Crippen molar-refractivity contribution in [1.29, 1.82) is 0 Å². The molecule has 0 unspecified atom stereocenters. The maximum absolute atomic E-state index is 14.4. The zero-order chi connectivity index (χ0) is 47.8. The molecule has 0 saturated carbocycles. The van der Waals surface area contributed by atoms with Crippen molar-refractivity contribution < 1.29 is 38.2 Å². The van der Waals surface area contributed by atoms with Crippen LogP contribution in [0.15, 0.2) is 36.4 Å². The number of hydrogen-bond acceptors (Lipinski definition) is 13. The minimum absolute atomic E-state index is 0.213. The molecule has 2 aromatic carbocycles. The average molecular weight is 929 g/mol. The number of aromatic nitrogens is 1. The fraction of sp³-hybridized carbons (Fsp3) is 0.553. The van der Waals surface area contributed by atoms with E-state index < -0.39 is 71.1 Å². The monoisotopic (exact) mass is 928 g/mol. The molecule has 3 fully saturated rings. The molecule has 10 N–H and O–H groups in total. The van der Waals surface area contributed by atoms with E-state index in [0.29, 0.717) is 59.3 Å². The number of fused-ring (bicyclic) bond motifs is 1. The highest BCUT2D eigenvalue weighted by Crippen LogP contribution is 2.54. The van der Waals surface area contributed by atoms with Gasteiger partial charge in [0.25, 0.3) is 0 Å². The highest BCUT2D eigenvalue weighted by molar-refractivity contribution is 7.15. The average Bonchev–Trinajstić information content (AvgIpc) is 4.12. The summed E-state index contributed by atoms with van der Waals surface area (Å²) in [5.74, 6) is -3.11. The largest absolute Gasteiger partial charge is 0.453 e. The Hall–Kier alpha value is -6.11. The Bertz CT molecular complexity index is 2230. The molecular formula is C47H64N10O8S. The van der Waals surface area contributed by atoms with Crippen LogP contribution in [-0.4, -0.2) is 90.0 Å². The minimum atomic E-state index is -1.61. The van der Waals surface area contributed by atoms with Crippen LogP contribution in [0.25, 0.3) is 0 Å². The smallest absolute Gasteiger partial charge is 0.407 e. The molecule has 4 heterocycles. The number of carbonyl (C=O) groups excluding carboxylic acids is 6. The summed E-state index contributed by atoms with van der Waals surface area (Å²) in [6.45, 7) is 7.61. The molecule has 6 atom stereocenters. The number of para-hydroxylation sites is 2. The SMILES string of the molecule is COC(=O)N[C@H](C(=O)N1CCC[C@@]1(C(N)=O)c1cccc([C@H]2CC[C@H](c3cccc([C@]4(C(N)=O)CCCN4C(=O)[C@@H](NC(=O)OC)C(C)C)c3N)N2c2nc3c(s2)CCCC3)c1N)C(C)C. The number of aryl methyl sites for hydroxylation is 2. The third-order valence-corrected chi connectivity index (χ3v) is 15.4. The lowest BCUT2D eigenvalue weighted by atomic mass is 9.82. The van der Waals surface area contributed by atoms with Crippen LogP contribution < -0.4 is 38.5 Å². The summed E-state index contributed by atoms with van der Waals surface area (Å²) >= 11 is 1.63. The standard InChI is InChI=1S/C47H64N10O8S/c1-25(2)37(53-44(62)64-5)39(58)55-23-11-21-46(55,41(50)60)29-15-9-13-27(35(29)48)32-19-20-33(57(32)43-52-31-17-7-8-18-34(31)66-43)28-14-10-16-30(36(28)49)47(42(51)61)22-12-24-56(47)40(59)38(26(3)4)54-45(63)65-6/h9-10,13-16,25-26,32-33,37-38H,7-8,11-12,17-24,48-49H2,1-6H3,(H2,50,60)(H2,51,61)(H,53,62)(H,54,63)/t32-,33-,37+,38+,46+,47+/m1/s1. The number of primary amides is 2. The second-order valence-electron chi connectivity index (χ2n) is 18.6. The van der Waals surface area contributed by atoms with Gasteiger partial charge in [0.15, 0.2) is 5.13 Å². The Morgan fingerprint density at radius 3 is 1.53 bits per heavy atom. The van der Waals surface area contributed by atoms with Crippen LogP contribution in [0.3, 0.4) is 0 Å². The van der Waals surface area contributed by atoms with Gasteiger partial charge in [0.05, 0.1) is 32.0 Å². The molecule has 3 saturated heterocycles. The van der Waals surface area contributed by atoms with Gasteiger partial charge in [-0.3, -0.25) is 19.2 Å². The Morgan fingerprint density at radius 1 is 0.697 bits per heavy atom. The third kappa shape index (κ3) is 8.12. The molecular weight excluding hydrogens is 865 g/mol. The maximum Gasteiger partial charge on any atom is 0.407 e. The lowest BCUT2D eigenvalue weighted by Crippen LogP contribution is -2.59. The Morgan fingerprint density at radius 2 is 1.14 bits per heavy atom. The fourth-order valence-corrected chi connectivity index (χ4v) is 12.2. The predicted molar refractivity (Wildman–Crippen MR) is 250 cm³/mol. The number of anilines is 3. The second-order valence-corrected chi connectivity index (χ2v) is 19.6. The number of alkyl carbamates (subject to hydrolysis) is 2. The zero-order valence-electron chi connectivity index (χ0n) is 38.7. The normalized spacial score (nSPS) is 23.7. The summed E-state index contributed by atoms with van der Waals surface area (Å²) in [7, 11) is 2.44. The van der Waals surface area contributed by atoms with Crippen molar-refractivity contribution in [3.63, 3.8) is 0 Å². The number of ether oxygens (including phenoxy) is 2. The number of benzene rings is 2. The number of carbonyl (C=O) groups is 6. The molecule has 1 aromatic heterocycles. The van der Waals surface area contributed by atoms with Gasteiger partial charge in [-0.15, -0.1) is 11.3 Å². The van der Waals surface area contributed by atoms with Gasteiger partial charge in [-0.2, -0.15) is 0 Å². The third-order valence-electron chi connectivity index (χ3n) is 14.2. The Balaban J connectivity index is 1.33. The number of nitrogens with two attached hydrogens (primary N) is 4. The van der Waals surface area contributed by atoms with E-state index in [1.165, 1.54) is 28.9 Å². The number of nitrogens with one attached hydrogen (secondary N) is 2. The summed E-state index contributed by atoms with van der Waals surface area (Å²) < 4.78 is 9.66. The summed E-state index contributed by atoms with van der Waals surface area (Å²) in [5, 5.41) is 6.06. The number of nitrogen functional groups attached to an aromatic ring is 2. The van der Waals surface area contributed by atoms with Crippen molar-refractivity contribution in [3.8, 4) is 0 Å². The van der Waals surface area contributed by atoms with E-state index in [4.69, 9.17) is 37.4 Å². The fourth-order valence-electron chi connectivity index (χ4n) is 10.9. The van der Waals surface area contributed by atoms with Crippen molar-refractivity contribution >= 4 is 63.7 Å². The summed E-state index contributed by atoms with van der Waals surface area (Å²) in [4.78, 5) is 93.1. The molecule has 0 spiro atoms. The number of likely N-dealkylation sites (tertiary alicyclic amines) is 2. The van der Waals surface area contributed by atoms with Crippen LogP contribution in [0.2, 0.25) is 0 Å². The molecule has 4 aliphatic rings. The number of amides is 6. The lowest BCUT2D eigenvalue weighted by molar-refractivity contribution is -0.146. The molecule has 356 valence electrons. The highest BCUT2D eigenvalue weighted by Gasteiger charge is 2.55. The first-order valence-corrected chi connectivity index (χ1v) is 23.7. The number of nitrogens with zero attached hydrogens (tertiary/aromatic N) is 4. The van der Waals surface area contributed by atoms with Crippen molar-refractivity contribution in [2.24, 2.45) is 23.3 Å². The first-order valence-electron chi connectivity index (χ1n) is 22.9. The van der Waals surface area contributed by atoms with Gasteiger partial charge < -0.3 is 57.7 Å². The molecule has 66 heavy (non-hydrogen) atoms. The molecule has 0 radical (unpaired) electrons. The molecule has 6 amide bonds. The topological polar surface area (TPSA) is 272 Å². The van der Waals surface area contributed by atoms with Crippen molar-refractivity contribution in [1.82, 2.24) is 25.4 Å². The number of rotatable bonds is 13. The van der Waals surface area contributed by atoms with E-state index >= 15 is 0 Å². The molecule has 18 nitrogen and oxygen atoms in total. The van der Waals surface area contributed by atoms with E-state index in [0.717, 1.165) is 36.5 Å². The molecule has 19 heteroatoms. The summed E-state index contributed by atoms with van der Waals surface area (Å²) in [5.41, 5.74) is 27.9. The first-order chi connectivity index (χ1) is 31.4. The van der Waals surface area contributed by atoms with Crippen molar-refractivity contribution in [2.45, 2.75) is 127 Å². The summed E-state index contributed by atoms with van der Waals surface area (Å²) in [6.07, 6.45) is 4.84.